The summed E-state index contributed by atoms with van der Waals surface area (Å²) in [7, 11) is 2.96. The summed E-state index contributed by atoms with van der Waals surface area (Å²) in [6, 6.07) is 6.76. The van der Waals surface area contributed by atoms with Gasteiger partial charge in [0.25, 0.3) is 5.91 Å². The smallest absolute Gasteiger partial charge is 0.329 e. The minimum absolute atomic E-state index is 0.0936. The molecule has 0 saturated carbocycles. The van der Waals surface area contributed by atoms with Crippen LogP contribution in [0, 0.1) is 5.92 Å². The molecule has 0 aliphatic carbocycles. The van der Waals surface area contributed by atoms with E-state index in [4.69, 9.17) is 9.47 Å². The molecule has 2 N–H and O–H groups in total. The Kier molecular flexibility index (Phi) is 5.36. The number of carbonyl (C=O) groups is 3. The first-order chi connectivity index (χ1) is 12.9. The first kappa shape index (κ1) is 19.2. The number of nitrogens with zero attached hydrogens (tertiary/aromatic N) is 1. The first-order valence-corrected chi connectivity index (χ1v) is 9.09. The van der Waals surface area contributed by atoms with Gasteiger partial charge in [-0.15, -0.1) is 0 Å². The number of quaternary nitrogens is 1. The Hall–Kier alpha value is -2.61. The van der Waals surface area contributed by atoms with Gasteiger partial charge in [0.05, 0.1) is 33.2 Å². The van der Waals surface area contributed by atoms with Crippen LogP contribution in [0.3, 0.4) is 0 Å². The highest BCUT2D eigenvalue weighted by molar-refractivity contribution is 6.07. The third-order valence-electron chi connectivity index (χ3n) is 5.53. The number of hydrogen-bond donors (Lipinski definition) is 2. The van der Waals surface area contributed by atoms with E-state index in [1.165, 1.54) is 12.0 Å². The molecule has 146 valence electrons. The van der Waals surface area contributed by atoms with Crippen LogP contribution in [0.15, 0.2) is 24.3 Å². The minimum Gasteiger partial charge on any atom is -0.497 e. The fraction of sp³-hybridized carbons (Fsp3) is 0.526. The topological polar surface area (TPSA) is 89.4 Å². The van der Waals surface area contributed by atoms with Crippen LogP contribution in [-0.4, -0.2) is 56.8 Å². The summed E-state index contributed by atoms with van der Waals surface area (Å²) >= 11 is 0. The lowest BCUT2D eigenvalue weighted by molar-refractivity contribution is -0.913. The molecule has 8 nitrogen and oxygen atoms in total. The summed E-state index contributed by atoms with van der Waals surface area (Å²) in [6.45, 7) is 3.43. The number of imide groups is 1. The lowest BCUT2D eigenvalue weighted by atomic mass is 9.92. The zero-order valence-electron chi connectivity index (χ0n) is 15.9. The van der Waals surface area contributed by atoms with E-state index in [1.54, 1.807) is 38.3 Å². The molecule has 2 fully saturated rings. The number of nitrogens with one attached hydrogen (secondary N) is 2. The van der Waals surface area contributed by atoms with Gasteiger partial charge in [0, 0.05) is 12.8 Å². The van der Waals surface area contributed by atoms with Gasteiger partial charge in [-0.1, -0.05) is 12.1 Å². The summed E-state index contributed by atoms with van der Waals surface area (Å²) in [5, 5.41) is 2.82. The Morgan fingerprint density at radius 3 is 2.63 bits per heavy atom. The Bertz CT molecular complexity index is 745. The van der Waals surface area contributed by atoms with Crippen molar-refractivity contribution >= 4 is 17.9 Å². The molecule has 1 atom stereocenters. The monoisotopic (exact) mass is 376 g/mol. The summed E-state index contributed by atoms with van der Waals surface area (Å²) in [5.41, 5.74) is -0.433. The highest BCUT2D eigenvalue weighted by atomic mass is 16.5. The maximum atomic E-state index is 13.0. The predicted octanol–water partition coefficient (Wildman–Crippen LogP) is -0.112. The van der Waals surface area contributed by atoms with E-state index < -0.39 is 11.6 Å². The van der Waals surface area contributed by atoms with Crippen LogP contribution in [0.5, 0.6) is 5.75 Å². The maximum Gasteiger partial charge on any atom is 0.329 e. The van der Waals surface area contributed by atoms with Gasteiger partial charge in [-0.2, -0.15) is 0 Å². The molecule has 0 spiro atoms. The van der Waals surface area contributed by atoms with Gasteiger partial charge in [0.2, 0.25) is 0 Å². The van der Waals surface area contributed by atoms with Crippen molar-refractivity contribution in [1.29, 1.82) is 0 Å². The second kappa shape index (κ2) is 7.56. The van der Waals surface area contributed by atoms with E-state index in [0.717, 1.165) is 4.90 Å². The van der Waals surface area contributed by atoms with E-state index in [0.29, 0.717) is 37.2 Å². The fourth-order valence-corrected chi connectivity index (χ4v) is 3.78. The van der Waals surface area contributed by atoms with Crippen LogP contribution in [-0.2, 0) is 19.9 Å². The van der Waals surface area contributed by atoms with Crippen molar-refractivity contribution in [3.05, 3.63) is 29.8 Å². The molecule has 0 radical (unpaired) electrons. The average molecular weight is 376 g/mol. The number of esters is 1. The van der Waals surface area contributed by atoms with Crippen molar-refractivity contribution in [2.24, 2.45) is 5.92 Å². The number of carbonyl (C=O) groups excluding carboxylic acids is 3. The first-order valence-electron chi connectivity index (χ1n) is 9.09. The summed E-state index contributed by atoms with van der Waals surface area (Å²) in [6.07, 6.45) is 1.39. The number of hydrogen-bond acceptors (Lipinski definition) is 5. The fourth-order valence-electron chi connectivity index (χ4n) is 3.78. The van der Waals surface area contributed by atoms with E-state index >= 15 is 0 Å². The zero-order chi connectivity index (χ0) is 19.6. The molecule has 2 aliphatic rings. The number of piperidine rings is 1. The SMILES string of the molecule is COC(=O)C1CC[NH+](CN2C(=O)N[C@](C)(c3cccc(OC)c3)C2=O)CC1. The molecule has 3 rings (SSSR count). The number of urea groups is 1. The highest BCUT2D eigenvalue weighted by Gasteiger charge is 2.50. The van der Waals surface area contributed by atoms with Crippen molar-refractivity contribution in [2.45, 2.75) is 25.3 Å². The van der Waals surface area contributed by atoms with Gasteiger partial charge in [0.15, 0.2) is 6.67 Å². The standard InChI is InChI=1S/C19H25N3O5/c1-19(14-5-4-6-15(11-14)26-2)17(24)22(18(25)20-19)12-21-9-7-13(8-10-21)16(23)27-3/h4-6,11,13H,7-10,12H2,1-3H3,(H,20,25)/p+1/t19-/m1/s1. The zero-order valence-corrected chi connectivity index (χ0v) is 15.9. The lowest BCUT2D eigenvalue weighted by Crippen LogP contribution is -3.14. The van der Waals surface area contributed by atoms with Gasteiger partial charge in [-0.3, -0.25) is 9.59 Å². The van der Waals surface area contributed by atoms with Gasteiger partial charge in [-0.25, -0.2) is 9.69 Å². The molecule has 0 aromatic heterocycles. The van der Waals surface area contributed by atoms with Crippen LogP contribution in [0.1, 0.15) is 25.3 Å². The van der Waals surface area contributed by atoms with Crippen molar-refractivity contribution < 1.29 is 28.8 Å². The van der Waals surface area contributed by atoms with Crippen LogP contribution in [0.2, 0.25) is 0 Å². The van der Waals surface area contributed by atoms with Crippen LogP contribution >= 0.6 is 0 Å². The normalized spacial score (nSPS) is 28.0. The third-order valence-corrected chi connectivity index (χ3v) is 5.53. The lowest BCUT2D eigenvalue weighted by Gasteiger charge is -2.30. The van der Waals surface area contributed by atoms with Gasteiger partial charge >= 0.3 is 12.0 Å². The quantitative estimate of drug-likeness (QED) is 0.553. The molecule has 1 aromatic rings. The van der Waals surface area contributed by atoms with E-state index in [-0.39, 0.29) is 24.5 Å². The summed E-state index contributed by atoms with van der Waals surface area (Å²) in [5.74, 6) is 0.0756. The van der Waals surface area contributed by atoms with E-state index in [1.807, 2.05) is 0 Å². The average Bonchev–Trinajstić information content (AvgIpc) is 2.92. The molecule has 27 heavy (non-hydrogen) atoms. The molecule has 2 heterocycles. The summed E-state index contributed by atoms with van der Waals surface area (Å²) in [4.78, 5) is 39.6. The number of amides is 3. The third kappa shape index (κ3) is 3.62. The number of benzene rings is 1. The van der Waals surface area contributed by atoms with Crippen molar-refractivity contribution in [2.75, 3.05) is 34.0 Å². The molecule has 2 aliphatic heterocycles. The molecular weight excluding hydrogens is 350 g/mol. The second-order valence-electron chi connectivity index (χ2n) is 7.23. The minimum atomic E-state index is -1.12. The molecule has 3 amide bonds. The predicted molar refractivity (Wildman–Crippen MR) is 96.0 cm³/mol. The van der Waals surface area contributed by atoms with Crippen LogP contribution in [0.4, 0.5) is 4.79 Å². The van der Waals surface area contributed by atoms with Gasteiger partial charge < -0.3 is 19.7 Å². The Morgan fingerprint density at radius 2 is 2.00 bits per heavy atom. The molecule has 2 saturated heterocycles. The van der Waals surface area contributed by atoms with Crippen molar-refractivity contribution in [3.8, 4) is 5.75 Å². The van der Waals surface area contributed by atoms with Crippen molar-refractivity contribution in [1.82, 2.24) is 10.2 Å². The van der Waals surface area contributed by atoms with E-state index in [2.05, 4.69) is 5.32 Å². The second-order valence-corrected chi connectivity index (χ2v) is 7.23. The number of ether oxygens (including phenoxy) is 2. The Morgan fingerprint density at radius 1 is 1.30 bits per heavy atom. The molecular formula is C19H26N3O5+. The van der Waals surface area contributed by atoms with Crippen molar-refractivity contribution in [3.63, 3.8) is 0 Å². The molecule has 8 heteroatoms. The van der Waals surface area contributed by atoms with Crippen LogP contribution < -0.4 is 15.0 Å². The number of rotatable bonds is 5. The molecule has 0 bridgehead atoms. The number of methoxy groups -OCH3 is 2. The molecule has 0 unspecified atom stereocenters. The Balaban J connectivity index is 1.69. The Labute approximate surface area is 158 Å². The maximum absolute atomic E-state index is 13.0. The van der Waals surface area contributed by atoms with Gasteiger partial charge in [0.1, 0.15) is 11.3 Å². The van der Waals surface area contributed by atoms with E-state index in [9.17, 15) is 14.4 Å². The van der Waals surface area contributed by atoms with Crippen LogP contribution in [0.25, 0.3) is 0 Å². The largest absolute Gasteiger partial charge is 0.497 e. The highest BCUT2D eigenvalue weighted by Crippen LogP contribution is 2.30. The molecule has 1 aromatic carbocycles. The van der Waals surface area contributed by atoms with Gasteiger partial charge in [-0.05, 0) is 24.6 Å². The summed E-state index contributed by atoms with van der Waals surface area (Å²) < 4.78 is 10.0. The number of likely N-dealkylation sites (tertiary alicyclic amines) is 1.